The van der Waals surface area contributed by atoms with Crippen LogP contribution in [0, 0.1) is 6.92 Å². The first-order valence-electron chi connectivity index (χ1n) is 8.15. The molecule has 120 valence electrons. The minimum absolute atomic E-state index is 0.258. The fourth-order valence-corrected chi connectivity index (χ4v) is 4.18. The lowest BCUT2D eigenvalue weighted by atomic mass is 9.81. The van der Waals surface area contributed by atoms with Crippen LogP contribution in [0.5, 0.6) is 0 Å². The van der Waals surface area contributed by atoms with E-state index in [1.54, 1.807) is 0 Å². The van der Waals surface area contributed by atoms with Crippen LogP contribution < -0.4 is 0 Å². The molecule has 0 spiro atoms. The van der Waals surface area contributed by atoms with Crippen molar-refractivity contribution in [2.24, 2.45) is 0 Å². The minimum Gasteiger partial charge on any atom is -0.297 e. The zero-order valence-electron chi connectivity index (χ0n) is 14.0. The van der Waals surface area contributed by atoms with Crippen LogP contribution in [0.4, 0.5) is 0 Å². The van der Waals surface area contributed by atoms with Crippen LogP contribution in [0.1, 0.15) is 55.2 Å². The van der Waals surface area contributed by atoms with Crippen molar-refractivity contribution in [1.82, 2.24) is 19.7 Å². The predicted octanol–water partition coefficient (Wildman–Crippen LogP) is 3.78. The van der Waals surface area contributed by atoms with Gasteiger partial charge in [0.1, 0.15) is 0 Å². The third-order valence-corrected chi connectivity index (χ3v) is 5.94. The van der Waals surface area contributed by atoms with Crippen molar-refractivity contribution in [2.75, 3.05) is 13.1 Å². The van der Waals surface area contributed by atoms with Gasteiger partial charge in [-0.3, -0.25) is 9.58 Å². The molecule has 1 saturated heterocycles. The van der Waals surface area contributed by atoms with Gasteiger partial charge in [0.05, 0.1) is 10.7 Å². The molecule has 22 heavy (non-hydrogen) atoms. The van der Waals surface area contributed by atoms with Gasteiger partial charge in [-0.25, -0.2) is 4.98 Å². The minimum atomic E-state index is 0.258. The lowest BCUT2D eigenvalue weighted by Gasteiger charge is -2.38. The molecular formula is C17H26N4S. The number of likely N-dealkylation sites (tertiary alicyclic amines) is 1. The van der Waals surface area contributed by atoms with Gasteiger partial charge in [0.2, 0.25) is 0 Å². The van der Waals surface area contributed by atoms with Gasteiger partial charge in [0, 0.05) is 35.3 Å². The van der Waals surface area contributed by atoms with Gasteiger partial charge in [0.25, 0.3) is 0 Å². The molecule has 2 aromatic rings. The van der Waals surface area contributed by atoms with Gasteiger partial charge in [0.15, 0.2) is 0 Å². The number of hydrogen-bond acceptors (Lipinski definition) is 4. The number of piperidine rings is 1. The molecule has 3 heterocycles. The second-order valence-electron chi connectivity index (χ2n) is 6.97. The van der Waals surface area contributed by atoms with Crippen LogP contribution in [-0.4, -0.2) is 32.8 Å². The van der Waals surface area contributed by atoms with Crippen LogP contribution in [0.2, 0.25) is 0 Å². The predicted molar refractivity (Wildman–Crippen MR) is 91.3 cm³/mol. The molecule has 1 fully saturated rings. The molecule has 0 unspecified atom stereocenters. The first-order valence-corrected chi connectivity index (χ1v) is 8.97. The quantitative estimate of drug-likeness (QED) is 0.860. The monoisotopic (exact) mass is 318 g/mol. The number of thiazole rings is 1. The Morgan fingerprint density at radius 1 is 1.32 bits per heavy atom. The maximum Gasteiger partial charge on any atom is 0.0987 e. The summed E-state index contributed by atoms with van der Waals surface area (Å²) in [7, 11) is 0. The molecule has 5 heteroatoms. The third kappa shape index (κ3) is 3.10. The number of aromatic nitrogens is 3. The molecule has 4 nitrogen and oxygen atoms in total. The maximum atomic E-state index is 4.64. The summed E-state index contributed by atoms with van der Waals surface area (Å²) in [6, 6.07) is 2.58. The summed E-state index contributed by atoms with van der Waals surface area (Å²) in [6.07, 6.45) is 6.31. The lowest BCUT2D eigenvalue weighted by Crippen LogP contribution is -2.40. The highest BCUT2D eigenvalue weighted by Gasteiger charge is 2.34. The van der Waals surface area contributed by atoms with Gasteiger partial charge >= 0.3 is 0 Å². The van der Waals surface area contributed by atoms with Crippen molar-refractivity contribution >= 4 is 11.3 Å². The average molecular weight is 318 g/mol. The summed E-state index contributed by atoms with van der Waals surface area (Å²) in [5, 5.41) is 5.76. The second kappa shape index (κ2) is 6.13. The van der Waals surface area contributed by atoms with Crippen LogP contribution in [0.25, 0.3) is 0 Å². The van der Waals surface area contributed by atoms with E-state index < -0.39 is 0 Å². The Labute approximate surface area is 137 Å². The van der Waals surface area contributed by atoms with Crippen molar-refractivity contribution < 1.29 is 0 Å². The molecule has 2 aromatic heterocycles. The van der Waals surface area contributed by atoms with E-state index in [0.717, 1.165) is 19.6 Å². The van der Waals surface area contributed by atoms with Crippen molar-refractivity contribution in [3.63, 3.8) is 0 Å². The molecule has 0 N–H and O–H groups in total. The molecule has 0 radical (unpaired) electrons. The van der Waals surface area contributed by atoms with Crippen LogP contribution in [0.15, 0.2) is 18.5 Å². The summed E-state index contributed by atoms with van der Waals surface area (Å²) in [5.74, 6) is 0. The topological polar surface area (TPSA) is 34.0 Å². The Morgan fingerprint density at radius 3 is 2.64 bits per heavy atom. The molecule has 0 aromatic carbocycles. The van der Waals surface area contributed by atoms with E-state index in [2.05, 4.69) is 53.4 Å². The van der Waals surface area contributed by atoms with Crippen molar-refractivity contribution in [1.29, 1.82) is 0 Å². The lowest BCUT2D eigenvalue weighted by molar-refractivity contribution is 0.157. The largest absolute Gasteiger partial charge is 0.297 e. The molecule has 1 aliphatic rings. The molecule has 0 aliphatic carbocycles. The maximum absolute atomic E-state index is 4.64. The average Bonchev–Trinajstić information content (AvgIpc) is 3.11. The highest BCUT2D eigenvalue weighted by molar-refractivity contribution is 7.11. The Bertz CT molecular complexity index is 620. The first kappa shape index (κ1) is 15.7. The van der Waals surface area contributed by atoms with Gasteiger partial charge in [-0.2, -0.15) is 5.10 Å². The molecule has 0 saturated carbocycles. The Hall–Kier alpha value is -1.20. The van der Waals surface area contributed by atoms with Gasteiger partial charge in [-0.15, -0.1) is 11.3 Å². The van der Waals surface area contributed by atoms with Crippen molar-refractivity contribution in [3.05, 3.63) is 34.0 Å². The Morgan fingerprint density at radius 2 is 2.05 bits per heavy atom. The number of rotatable bonds is 4. The summed E-state index contributed by atoms with van der Waals surface area (Å²) in [4.78, 5) is 8.51. The summed E-state index contributed by atoms with van der Waals surface area (Å²) >= 11 is 1.86. The normalized spacial score (nSPS) is 19.0. The van der Waals surface area contributed by atoms with E-state index in [-0.39, 0.29) is 5.41 Å². The molecular weight excluding hydrogens is 292 g/mol. The molecule has 0 atom stereocenters. The molecule has 1 aliphatic heterocycles. The van der Waals surface area contributed by atoms with Crippen molar-refractivity contribution in [3.8, 4) is 0 Å². The standard InChI is InChI=1S/C17H26N4S/c1-13(2)21-15(5-8-19-21)12-20-9-6-17(4,7-10-20)16-18-11-14(3)22-16/h5,8,11,13H,6-7,9-10,12H2,1-4H3. The smallest absolute Gasteiger partial charge is 0.0987 e. The Kier molecular flexibility index (Phi) is 4.37. The van der Waals surface area contributed by atoms with E-state index in [4.69, 9.17) is 0 Å². The molecule has 0 amide bonds. The van der Waals surface area contributed by atoms with Crippen LogP contribution >= 0.6 is 11.3 Å². The SMILES string of the molecule is Cc1cnc(C2(C)CCN(Cc3ccnn3C(C)C)CC2)s1. The van der Waals surface area contributed by atoms with E-state index in [1.165, 1.54) is 28.4 Å². The highest BCUT2D eigenvalue weighted by Crippen LogP contribution is 2.37. The van der Waals surface area contributed by atoms with E-state index in [1.807, 2.05) is 23.7 Å². The number of hydrogen-bond donors (Lipinski definition) is 0. The third-order valence-electron chi connectivity index (χ3n) is 4.72. The van der Waals surface area contributed by atoms with Gasteiger partial charge in [-0.1, -0.05) is 6.92 Å². The molecule has 3 rings (SSSR count). The summed E-state index contributed by atoms with van der Waals surface area (Å²) in [6.45, 7) is 12.2. The number of nitrogens with zero attached hydrogens (tertiary/aromatic N) is 4. The zero-order chi connectivity index (χ0) is 15.7. The summed E-state index contributed by atoms with van der Waals surface area (Å²) in [5.41, 5.74) is 1.58. The Balaban J connectivity index is 1.63. The van der Waals surface area contributed by atoms with E-state index >= 15 is 0 Å². The van der Waals surface area contributed by atoms with Gasteiger partial charge < -0.3 is 0 Å². The van der Waals surface area contributed by atoms with Gasteiger partial charge in [-0.05, 0) is 52.8 Å². The van der Waals surface area contributed by atoms with Crippen LogP contribution in [0.3, 0.4) is 0 Å². The van der Waals surface area contributed by atoms with Crippen LogP contribution in [-0.2, 0) is 12.0 Å². The van der Waals surface area contributed by atoms with E-state index in [9.17, 15) is 0 Å². The second-order valence-corrected chi connectivity index (χ2v) is 8.21. The van der Waals surface area contributed by atoms with E-state index in [0.29, 0.717) is 6.04 Å². The first-order chi connectivity index (χ1) is 10.5. The number of aryl methyl sites for hydroxylation is 1. The van der Waals surface area contributed by atoms with Crippen molar-refractivity contribution in [2.45, 2.75) is 58.5 Å². The zero-order valence-corrected chi connectivity index (χ0v) is 14.9. The fraction of sp³-hybridized carbons (Fsp3) is 0.647. The molecule has 0 bridgehead atoms. The fourth-order valence-electron chi connectivity index (χ4n) is 3.21. The summed E-state index contributed by atoms with van der Waals surface area (Å²) < 4.78 is 2.14. The highest BCUT2D eigenvalue weighted by atomic mass is 32.1.